The summed E-state index contributed by atoms with van der Waals surface area (Å²) < 4.78 is 1.66. The molecule has 0 atom stereocenters. The number of ketones is 1. The van der Waals surface area contributed by atoms with Crippen LogP contribution in [0, 0.1) is 0 Å². The number of rotatable bonds is 3. The van der Waals surface area contributed by atoms with E-state index in [4.69, 9.17) is 11.6 Å². The Balaban J connectivity index is 2.18. The van der Waals surface area contributed by atoms with Crippen molar-refractivity contribution in [2.45, 2.75) is 6.42 Å². The van der Waals surface area contributed by atoms with Crippen LogP contribution in [-0.4, -0.2) is 20.5 Å². The molecule has 0 N–H and O–H groups in total. The number of carbonyl (C=O) groups excluding carboxylic acids is 1. The van der Waals surface area contributed by atoms with Gasteiger partial charge >= 0.3 is 0 Å². The van der Waals surface area contributed by atoms with Crippen molar-refractivity contribution >= 4 is 17.4 Å². The fraction of sp³-hybridized carbons (Fsp3) is 0.182. The number of hydrogen-bond acceptors (Lipinski definition) is 3. The van der Waals surface area contributed by atoms with Crippen LogP contribution in [0.4, 0.5) is 0 Å². The van der Waals surface area contributed by atoms with Crippen LogP contribution in [0.3, 0.4) is 0 Å². The van der Waals surface area contributed by atoms with Gasteiger partial charge in [-0.1, -0.05) is 11.6 Å². The SMILES string of the molecule is Cn1cc(CC(=O)c2ncccc2Cl)cn1. The number of pyridine rings is 1. The average Bonchev–Trinajstić information content (AvgIpc) is 2.64. The molecule has 0 fully saturated rings. The Hall–Kier alpha value is -1.68. The zero-order valence-corrected chi connectivity index (χ0v) is 9.48. The number of aryl methyl sites for hydroxylation is 1. The minimum atomic E-state index is -0.0985. The number of nitrogens with zero attached hydrogens (tertiary/aromatic N) is 3. The van der Waals surface area contributed by atoms with Crippen molar-refractivity contribution in [2.24, 2.45) is 7.05 Å². The predicted octanol–water partition coefficient (Wildman–Crippen LogP) is 1.89. The second-order valence-corrected chi connectivity index (χ2v) is 3.86. The Morgan fingerprint density at radius 2 is 2.38 bits per heavy atom. The second kappa shape index (κ2) is 4.45. The first-order chi connectivity index (χ1) is 7.66. The predicted molar refractivity (Wildman–Crippen MR) is 60.5 cm³/mol. The molecule has 2 aromatic rings. The summed E-state index contributed by atoms with van der Waals surface area (Å²) in [5, 5.41) is 4.38. The maximum Gasteiger partial charge on any atom is 0.187 e. The summed E-state index contributed by atoms with van der Waals surface area (Å²) in [4.78, 5) is 15.8. The van der Waals surface area contributed by atoms with Gasteiger partial charge in [-0.05, 0) is 17.7 Å². The monoisotopic (exact) mass is 235 g/mol. The summed E-state index contributed by atoms with van der Waals surface area (Å²) in [5.41, 5.74) is 1.17. The van der Waals surface area contributed by atoms with Crippen molar-refractivity contribution in [3.8, 4) is 0 Å². The second-order valence-electron chi connectivity index (χ2n) is 3.46. The van der Waals surface area contributed by atoms with Gasteiger partial charge in [-0.25, -0.2) is 0 Å². The van der Waals surface area contributed by atoms with Crippen molar-refractivity contribution in [2.75, 3.05) is 0 Å². The first kappa shape index (κ1) is 10.8. The molecule has 0 aromatic carbocycles. The third-order valence-electron chi connectivity index (χ3n) is 2.15. The van der Waals surface area contributed by atoms with Crippen molar-refractivity contribution in [3.63, 3.8) is 0 Å². The highest BCUT2D eigenvalue weighted by atomic mass is 35.5. The summed E-state index contributed by atoms with van der Waals surface area (Å²) in [5.74, 6) is -0.0985. The minimum Gasteiger partial charge on any atom is -0.292 e. The molecule has 16 heavy (non-hydrogen) atoms. The Bertz CT molecular complexity index is 521. The van der Waals surface area contributed by atoms with Gasteiger partial charge in [0.1, 0.15) is 5.69 Å². The molecule has 5 heteroatoms. The lowest BCUT2D eigenvalue weighted by Crippen LogP contribution is -2.06. The van der Waals surface area contributed by atoms with E-state index in [0.717, 1.165) is 5.56 Å². The van der Waals surface area contributed by atoms with Crippen LogP contribution >= 0.6 is 11.6 Å². The average molecular weight is 236 g/mol. The van der Waals surface area contributed by atoms with Crippen molar-refractivity contribution in [1.82, 2.24) is 14.8 Å². The highest BCUT2D eigenvalue weighted by Gasteiger charge is 2.12. The minimum absolute atomic E-state index is 0.0985. The number of Topliss-reactive ketones (excluding diaryl/α,β-unsaturated/α-hetero) is 1. The third kappa shape index (κ3) is 2.28. The first-order valence-corrected chi connectivity index (χ1v) is 5.16. The maximum atomic E-state index is 11.9. The lowest BCUT2D eigenvalue weighted by atomic mass is 10.1. The molecule has 0 amide bonds. The zero-order chi connectivity index (χ0) is 11.5. The molecule has 0 saturated heterocycles. The van der Waals surface area contributed by atoms with E-state index in [2.05, 4.69) is 10.1 Å². The third-order valence-corrected chi connectivity index (χ3v) is 2.45. The molecular weight excluding hydrogens is 226 g/mol. The summed E-state index contributed by atoms with van der Waals surface area (Å²) in [6.07, 6.45) is 5.29. The molecule has 2 heterocycles. The number of aromatic nitrogens is 3. The van der Waals surface area contributed by atoms with Crippen LogP contribution in [0.1, 0.15) is 16.1 Å². The number of hydrogen-bond donors (Lipinski definition) is 0. The topological polar surface area (TPSA) is 47.8 Å². The van der Waals surface area contributed by atoms with E-state index in [1.165, 1.54) is 0 Å². The van der Waals surface area contributed by atoms with Gasteiger partial charge in [-0.2, -0.15) is 5.10 Å². The molecule has 82 valence electrons. The fourth-order valence-electron chi connectivity index (χ4n) is 1.42. The summed E-state index contributed by atoms with van der Waals surface area (Å²) >= 11 is 5.89. The van der Waals surface area contributed by atoms with Gasteiger partial charge in [0.15, 0.2) is 5.78 Å². The molecular formula is C11H10ClN3O. The van der Waals surface area contributed by atoms with Gasteiger partial charge in [0.05, 0.1) is 11.2 Å². The van der Waals surface area contributed by atoms with Crippen molar-refractivity contribution in [1.29, 1.82) is 0 Å². The summed E-state index contributed by atoms with van der Waals surface area (Å²) in [7, 11) is 1.81. The van der Waals surface area contributed by atoms with Crippen molar-refractivity contribution in [3.05, 3.63) is 47.0 Å². The van der Waals surface area contributed by atoms with Gasteiger partial charge in [0.2, 0.25) is 0 Å². The molecule has 2 aromatic heterocycles. The van der Waals surface area contributed by atoms with Crippen LogP contribution in [0.15, 0.2) is 30.7 Å². The Morgan fingerprint density at radius 1 is 1.56 bits per heavy atom. The Kier molecular flexibility index (Phi) is 3.01. The van der Waals surface area contributed by atoms with E-state index in [9.17, 15) is 4.79 Å². The standard InChI is InChI=1S/C11H10ClN3O/c1-15-7-8(6-14-15)5-10(16)11-9(12)3-2-4-13-11/h2-4,6-7H,5H2,1H3. The van der Waals surface area contributed by atoms with E-state index in [1.807, 2.05) is 7.05 Å². The summed E-state index contributed by atoms with van der Waals surface area (Å²) in [6, 6.07) is 3.36. The lowest BCUT2D eigenvalue weighted by Gasteiger charge is -2.00. The maximum absolute atomic E-state index is 11.9. The normalized spacial score (nSPS) is 10.4. The fourth-order valence-corrected chi connectivity index (χ4v) is 1.65. The molecule has 2 rings (SSSR count). The molecule has 0 spiro atoms. The lowest BCUT2D eigenvalue weighted by molar-refractivity contribution is 0.0988. The van der Waals surface area contributed by atoms with Gasteiger partial charge in [0, 0.05) is 25.9 Å². The first-order valence-electron chi connectivity index (χ1n) is 4.78. The molecule has 0 radical (unpaired) electrons. The molecule has 0 saturated carbocycles. The van der Waals surface area contributed by atoms with Gasteiger partial charge < -0.3 is 0 Å². The van der Waals surface area contributed by atoms with E-state index in [1.54, 1.807) is 35.4 Å². The van der Waals surface area contributed by atoms with E-state index in [0.29, 0.717) is 10.7 Å². The zero-order valence-electron chi connectivity index (χ0n) is 8.72. The summed E-state index contributed by atoms with van der Waals surface area (Å²) in [6.45, 7) is 0. The molecule has 4 nitrogen and oxygen atoms in total. The Morgan fingerprint density at radius 3 is 3.00 bits per heavy atom. The smallest absolute Gasteiger partial charge is 0.187 e. The van der Waals surface area contributed by atoms with Crippen LogP contribution in [0.25, 0.3) is 0 Å². The quantitative estimate of drug-likeness (QED) is 0.764. The number of halogens is 1. The van der Waals surface area contributed by atoms with E-state index >= 15 is 0 Å². The van der Waals surface area contributed by atoms with E-state index < -0.39 is 0 Å². The van der Waals surface area contributed by atoms with E-state index in [-0.39, 0.29) is 12.2 Å². The molecule has 0 unspecified atom stereocenters. The van der Waals surface area contributed by atoms with Crippen molar-refractivity contribution < 1.29 is 4.79 Å². The molecule has 0 aliphatic rings. The highest BCUT2D eigenvalue weighted by Crippen LogP contribution is 2.14. The number of carbonyl (C=O) groups is 1. The largest absolute Gasteiger partial charge is 0.292 e. The van der Waals surface area contributed by atoms with Gasteiger partial charge in [0.25, 0.3) is 0 Å². The highest BCUT2D eigenvalue weighted by molar-refractivity contribution is 6.33. The van der Waals surface area contributed by atoms with Crippen LogP contribution < -0.4 is 0 Å². The molecule has 0 aliphatic carbocycles. The van der Waals surface area contributed by atoms with Crippen LogP contribution in [0.5, 0.6) is 0 Å². The van der Waals surface area contributed by atoms with Gasteiger partial charge in [-0.3, -0.25) is 14.5 Å². The molecule has 0 aliphatic heterocycles. The molecule has 0 bridgehead atoms. The van der Waals surface area contributed by atoms with Crippen LogP contribution in [0.2, 0.25) is 5.02 Å². The van der Waals surface area contributed by atoms with Crippen LogP contribution in [-0.2, 0) is 13.5 Å². The Labute approximate surface area is 97.9 Å². The van der Waals surface area contributed by atoms with Gasteiger partial charge in [-0.15, -0.1) is 0 Å².